The minimum atomic E-state index is -0.0932. The molecule has 0 bridgehead atoms. The van der Waals surface area contributed by atoms with Crippen molar-refractivity contribution in [2.75, 3.05) is 14.2 Å². The Kier molecular flexibility index (Phi) is 5.35. The number of aromatic hydroxyl groups is 1. The molecule has 0 radical (unpaired) electrons. The van der Waals surface area contributed by atoms with E-state index >= 15 is 0 Å². The number of hydrogen-bond donors (Lipinski definition) is 1. The molecule has 0 aliphatic heterocycles. The Morgan fingerprint density at radius 1 is 1.15 bits per heavy atom. The molecule has 26 heavy (non-hydrogen) atoms. The SMILES string of the molecule is COc1cc(/C=C(\Cl)c2nc(-c3cccc(Cl)c3)no2)cc(OC)c1O. The predicted octanol–water partition coefficient (Wildman–Crippen LogP) is 4.85. The Balaban J connectivity index is 1.94. The Hall–Kier alpha value is -2.70. The lowest BCUT2D eigenvalue weighted by atomic mass is 10.1. The fourth-order valence-corrected chi connectivity index (χ4v) is 2.66. The van der Waals surface area contributed by atoms with E-state index in [1.807, 2.05) is 6.07 Å². The third-order valence-corrected chi connectivity index (χ3v) is 4.01. The molecular formula is C18H14Cl2N2O4. The summed E-state index contributed by atoms with van der Waals surface area (Å²) >= 11 is 12.3. The van der Waals surface area contributed by atoms with Crippen LogP contribution in [0.25, 0.3) is 22.5 Å². The van der Waals surface area contributed by atoms with Crippen molar-refractivity contribution >= 4 is 34.3 Å². The maximum Gasteiger partial charge on any atom is 0.269 e. The van der Waals surface area contributed by atoms with Gasteiger partial charge in [-0.05, 0) is 35.9 Å². The minimum absolute atomic E-state index is 0.0932. The third-order valence-electron chi connectivity index (χ3n) is 3.51. The minimum Gasteiger partial charge on any atom is -0.502 e. The van der Waals surface area contributed by atoms with Gasteiger partial charge in [0.05, 0.1) is 14.2 Å². The van der Waals surface area contributed by atoms with E-state index in [-0.39, 0.29) is 28.2 Å². The van der Waals surface area contributed by atoms with E-state index in [1.165, 1.54) is 14.2 Å². The zero-order valence-electron chi connectivity index (χ0n) is 13.9. The number of rotatable bonds is 5. The highest BCUT2D eigenvalue weighted by Gasteiger charge is 2.14. The average Bonchev–Trinajstić information content (AvgIpc) is 3.13. The molecule has 3 aromatic rings. The molecule has 0 aliphatic rings. The summed E-state index contributed by atoms with van der Waals surface area (Å²) in [7, 11) is 2.89. The Bertz CT molecular complexity index is 944. The van der Waals surface area contributed by atoms with Crippen LogP contribution in [-0.4, -0.2) is 29.5 Å². The van der Waals surface area contributed by atoms with Crippen LogP contribution in [0, 0.1) is 0 Å². The number of ether oxygens (including phenoxy) is 2. The van der Waals surface area contributed by atoms with E-state index in [4.69, 9.17) is 37.2 Å². The Labute approximate surface area is 159 Å². The number of benzene rings is 2. The maximum atomic E-state index is 9.96. The van der Waals surface area contributed by atoms with E-state index in [1.54, 1.807) is 36.4 Å². The molecule has 1 aromatic heterocycles. The van der Waals surface area contributed by atoms with Gasteiger partial charge in [-0.25, -0.2) is 0 Å². The highest BCUT2D eigenvalue weighted by Crippen LogP contribution is 2.38. The van der Waals surface area contributed by atoms with Crippen molar-refractivity contribution in [3.8, 4) is 28.6 Å². The summed E-state index contributed by atoms with van der Waals surface area (Å²) in [5.41, 5.74) is 1.34. The van der Waals surface area contributed by atoms with Gasteiger partial charge in [0.1, 0.15) is 5.03 Å². The van der Waals surface area contributed by atoms with Crippen LogP contribution in [0.5, 0.6) is 17.2 Å². The molecule has 0 amide bonds. The first-order valence-corrected chi connectivity index (χ1v) is 8.19. The van der Waals surface area contributed by atoms with Crippen LogP contribution in [0.4, 0.5) is 0 Å². The number of phenols is 1. The fraction of sp³-hybridized carbons (Fsp3) is 0.111. The van der Waals surface area contributed by atoms with Gasteiger partial charge in [-0.3, -0.25) is 0 Å². The van der Waals surface area contributed by atoms with Gasteiger partial charge in [-0.1, -0.05) is 40.5 Å². The number of phenolic OH excluding ortho intramolecular Hbond substituents is 1. The lowest BCUT2D eigenvalue weighted by Crippen LogP contribution is -1.90. The first-order chi connectivity index (χ1) is 12.5. The number of aromatic nitrogens is 2. The van der Waals surface area contributed by atoms with E-state index in [2.05, 4.69) is 10.1 Å². The van der Waals surface area contributed by atoms with E-state index in [0.29, 0.717) is 22.0 Å². The van der Waals surface area contributed by atoms with Gasteiger partial charge < -0.3 is 19.1 Å². The van der Waals surface area contributed by atoms with Crippen molar-refractivity contribution < 1.29 is 19.1 Å². The van der Waals surface area contributed by atoms with Crippen molar-refractivity contribution in [3.63, 3.8) is 0 Å². The lowest BCUT2D eigenvalue weighted by Gasteiger charge is -2.09. The summed E-state index contributed by atoms with van der Waals surface area (Å²) in [5.74, 6) is 0.933. The second-order valence-corrected chi connectivity index (χ2v) is 6.04. The molecule has 134 valence electrons. The molecule has 3 rings (SSSR count). The first-order valence-electron chi connectivity index (χ1n) is 7.44. The van der Waals surface area contributed by atoms with Crippen molar-refractivity contribution in [3.05, 3.63) is 52.9 Å². The van der Waals surface area contributed by atoms with Crippen molar-refractivity contribution in [1.82, 2.24) is 10.1 Å². The number of methoxy groups -OCH3 is 2. The van der Waals surface area contributed by atoms with Crippen molar-refractivity contribution in [2.24, 2.45) is 0 Å². The summed E-state index contributed by atoms with van der Waals surface area (Å²) in [4.78, 5) is 4.27. The molecule has 0 atom stereocenters. The monoisotopic (exact) mass is 392 g/mol. The van der Waals surface area contributed by atoms with Crippen molar-refractivity contribution in [2.45, 2.75) is 0 Å². The smallest absolute Gasteiger partial charge is 0.269 e. The summed E-state index contributed by atoms with van der Waals surface area (Å²) in [6.07, 6.45) is 1.60. The summed E-state index contributed by atoms with van der Waals surface area (Å²) in [5, 5.41) is 14.7. The molecule has 0 saturated carbocycles. The fourth-order valence-electron chi connectivity index (χ4n) is 2.27. The number of nitrogens with zero attached hydrogens (tertiary/aromatic N) is 2. The van der Waals surface area contributed by atoms with Gasteiger partial charge in [0.25, 0.3) is 5.89 Å². The van der Waals surface area contributed by atoms with Gasteiger partial charge in [0.15, 0.2) is 11.5 Å². The molecule has 0 aliphatic carbocycles. The van der Waals surface area contributed by atoms with E-state index < -0.39 is 0 Å². The second kappa shape index (κ2) is 7.68. The average molecular weight is 393 g/mol. The van der Waals surface area contributed by atoms with Crippen LogP contribution in [0.15, 0.2) is 40.9 Å². The molecule has 0 spiro atoms. The van der Waals surface area contributed by atoms with Crippen LogP contribution in [0.3, 0.4) is 0 Å². The topological polar surface area (TPSA) is 77.6 Å². The van der Waals surface area contributed by atoms with Crippen molar-refractivity contribution in [1.29, 1.82) is 0 Å². The standard InChI is InChI=1S/C18H14Cl2N2O4/c1-24-14-7-10(8-15(25-2)16(14)23)6-13(20)18-21-17(22-26-18)11-4-3-5-12(19)9-11/h3-9,23H,1-2H3/b13-6-. The van der Waals surface area contributed by atoms with Gasteiger partial charge >= 0.3 is 0 Å². The molecule has 0 saturated heterocycles. The summed E-state index contributed by atoms with van der Waals surface area (Å²) in [6, 6.07) is 10.3. The van der Waals surface area contributed by atoms with Gasteiger partial charge in [0.2, 0.25) is 11.6 Å². The normalized spacial score (nSPS) is 11.5. The molecule has 0 unspecified atom stereocenters. The largest absolute Gasteiger partial charge is 0.502 e. The van der Waals surface area contributed by atoms with Crippen LogP contribution >= 0.6 is 23.2 Å². The molecular weight excluding hydrogens is 379 g/mol. The highest BCUT2D eigenvalue weighted by atomic mass is 35.5. The molecule has 1 heterocycles. The molecule has 1 N–H and O–H groups in total. The predicted molar refractivity (Wildman–Crippen MR) is 99.7 cm³/mol. The van der Waals surface area contributed by atoms with E-state index in [9.17, 15) is 5.11 Å². The zero-order valence-corrected chi connectivity index (χ0v) is 15.4. The van der Waals surface area contributed by atoms with Crippen LogP contribution in [-0.2, 0) is 0 Å². The highest BCUT2D eigenvalue weighted by molar-refractivity contribution is 6.50. The Morgan fingerprint density at radius 2 is 1.85 bits per heavy atom. The summed E-state index contributed by atoms with van der Waals surface area (Å²) in [6.45, 7) is 0. The van der Waals surface area contributed by atoms with Gasteiger partial charge in [0, 0.05) is 10.6 Å². The summed E-state index contributed by atoms with van der Waals surface area (Å²) < 4.78 is 15.5. The zero-order chi connectivity index (χ0) is 18.7. The quantitative estimate of drug-likeness (QED) is 0.668. The van der Waals surface area contributed by atoms with Crippen LogP contribution < -0.4 is 9.47 Å². The number of halogens is 2. The van der Waals surface area contributed by atoms with Gasteiger partial charge in [-0.2, -0.15) is 4.98 Å². The third kappa shape index (κ3) is 3.76. The second-order valence-electron chi connectivity index (χ2n) is 5.20. The van der Waals surface area contributed by atoms with E-state index in [0.717, 1.165) is 0 Å². The molecule has 6 nitrogen and oxygen atoms in total. The molecule has 2 aromatic carbocycles. The molecule has 8 heteroatoms. The Morgan fingerprint density at radius 3 is 2.46 bits per heavy atom. The van der Waals surface area contributed by atoms with Crippen LogP contribution in [0.2, 0.25) is 5.02 Å². The molecule has 0 fully saturated rings. The number of hydrogen-bond acceptors (Lipinski definition) is 6. The maximum absolute atomic E-state index is 9.96. The lowest BCUT2D eigenvalue weighted by molar-refractivity contribution is 0.340. The van der Waals surface area contributed by atoms with Gasteiger partial charge in [-0.15, -0.1) is 0 Å². The van der Waals surface area contributed by atoms with Crippen LogP contribution in [0.1, 0.15) is 11.5 Å². The first kappa shape index (κ1) is 18.1.